The normalized spacial score (nSPS) is 11.6. The predicted molar refractivity (Wildman–Crippen MR) is 104 cm³/mol. The van der Waals surface area contributed by atoms with E-state index in [1.54, 1.807) is 30.3 Å². The Labute approximate surface area is 152 Å². The Balaban J connectivity index is 2.13. The van der Waals surface area contributed by atoms with Gasteiger partial charge in [0.2, 0.25) is 9.84 Å². The van der Waals surface area contributed by atoms with Crippen molar-refractivity contribution in [3.05, 3.63) is 90.6 Å². The smallest absolute Gasteiger partial charge is 0.208 e. The van der Waals surface area contributed by atoms with Crippen LogP contribution in [0.1, 0.15) is 5.56 Å². The lowest BCUT2D eigenvalue weighted by atomic mass is 9.98. The van der Waals surface area contributed by atoms with Gasteiger partial charge in [0.1, 0.15) is 0 Å². The summed E-state index contributed by atoms with van der Waals surface area (Å²) in [7, 11) is -3.69. The lowest BCUT2D eigenvalue weighted by molar-refractivity contribution is 0.596. The molecule has 128 valence electrons. The van der Waals surface area contributed by atoms with E-state index in [1.165, 1.54) is 6.20 Å². The number of benzene rings is 3. The van der Waals surface area contributed by atoms with Gasteiger partial charge in [-0.3, -0.25) is 4.98 Å². The Morgan fingerprint density at radius 1 is 0.769 bits per heavy atom. The summed E-state index contributed by atoms with van der Waals surface area (Å²) in [6, 6.07) is 24.0. The molecule has 0 aliphatic carbocycles. The predicted octanol–water partition coefficient (Wildman–Crippen LogP) is 5.04. The Kier molecular flexibility index (Phi) is 4.05. The van der Waals surface area contributed by atoms with Gasteiger partial charge >= 0.3 is 0 Å². The molecule has 0 saturated heterocycles. The minimum Gasteiger partial charge on any atom is -0.255 e. The second kappa shape index (κ2) is 6.39. The van der Waals surface area contributed by atoms with E-state index in [2.05, 4.69) is 4.98 Å². The number of hydrogen-bond acceptors (Lipinski definition) is 3. The Morgan fingerprint density at radius 2 is 1.42 bits per heavy atom. The summed E-state index contributed by atoms with van der Waals surface area (Å²) < 4.78 is 26.7. The summed E-state index contributed by atoms with van der Waals surface area (Å²) in [4.78, 5) is 4.94. The fraction of sp³-hybridized carbons (Fsp3) is 0.0455. The van der Waals surface area contributed by atoms with Gasteiger partial charge in [-0.05, 0) is 36.2 Å². The van der Waals surface area contributed by atoms with E-state index in [1.807, 2.05) is 55.5 Å². The molecule has 4 rings (SSSR count). The molecule has 0 spiro atoms. The zero-order valence-corrected chi connectivity index (χ0v) is 15.1. The Morgan fingerprint density at radius 3 is 2.12 bits per heavy atom. The molecule has 0 aliphatic heterocycles. The number of rotatable bonds is 3. The fourth-order valence-corrected chi connectivity index (χ4v) is 4.67. The van der Waals surface area contributed by atoms with Crippen LogP contribution >= 0.6 is 0 Å². The number of nitrogens with zero attached hydrogens (tertiary/aromatic N) is 1. The summed E-state index contributed by atoms with van der Waals surface area (Å²) in [5.41, 5.74) is 3.36. The first-order chi connectivity index (χ1) is 12.6. The van der Waals surface area contributed by atoms with Crippen molar-refractivity contribution in [2.24, 2.45) is 0 Å². The summed E-state index contributed by atoms with van der Waals surface area (Å²) in [6.45, 7) is 1.98. The summed E-state index contributed by atoms with van der Waals surface area (Å²) >= 11 is 0. The van der Waals surface area contributed by atoms with E-state index in [0.29, 0.717) is 5.56 Å². The van der Waals surface area contributed by atoms with Gasteiger partial charge in [-0.15, -0.1) is 0 Å². The standard InChI is InChI=1S/C22H17NO2S/c1-16-9-8-14-19-21(16)22(17-10-4-2-5-11-17)20(15-23-19)26(24,25)18-12-6-3-7-13-18/h2-15H,1H3. The van der Waals surface area contributed by atoms with Gasteiger partial charge in [-0.2, -0.15) is 0 Å². The molecular formula is C22H17NO2S. The molecule has 4 heteroatoms. The van der Waals surface area contributed by atoms with Crippen LogP contribution < -0.4 is 0 Å². The van der Waals surface area contributed by atoms with Crippen molar-refractivity contribution in [1.82, 2.24) is 4.98 Å². The molecule has 0 aliphatic rings. The molecule has 0 fully saturated rings. The third kappa shape index (κ3) is 2.68. The van der Waals surface area contributed by atoms with Crippen LogP contribution in [0.4, 0.5) is 0 Å². The van der Waals surface area contributed by atoms with Gasteiger partial charge < -0.3 is 0 Å². The number of aryl methyl sites for hydroxylation is 1. The molecule has 3 aromatic carbocycles. The van der Waals surface area contributed by atoms with E-state index in [-0.39, 0.29) is 9.79 Å². The van der Waals surface area contributed by atoms with Gasteiger partial charge in [0.25, 0.3) is 0 Å². The first-order valence-corrected chi connectivity index (χ1v) is 9.81. The van der Waals surface area contributed by atoms with Crippen LogP contribution in [-0.2, 0) is 9.84 Å². The number of hydrogen-bond donors (Lipinski definition) is 0. The maximum Gasteiger partial charge on any atom is 0.208 e. The molecular weight excluding hydrogens is 342 g/mol. The monoisotopic (exact) mass is 359 g/mol. The van der Waals surface area contributed by atoms with Crippen LogP contribution in [0, 0.1) is 6.92 Å². The summed E-state index contributed by atoms with van der Waals surface area (Å²) in [5, 5.41) is 0.871. The van der Waals surface area contributed by atoms with E-state index in [9.17, 15) is 8.42 Å². The van der Waals surface area contributed by atoms with Crippen LogP contribution in [0.5, 0.6) is 0 Å². The molecule has 0 bridgehead atoms. The number of sulfone groups is 1. The molecule has 0 amide bonds. The molecule has 0 atom stereocenters. The number of fused-ring (bicyclic) bond motifs is 1. The zero-order valence-electron chi connectivity index (χ0n) is 14.3. The molecule has 0 unspecified atom stereocenters. The van der Waals surface area contributed by atoms with Crippen LogP contribution in [0.15, 0.2) is 94.9 Å². The second-order valence-corrected chi connectivity index (χ2v) is 8.07. The van der Waals surface area contributed by atoms with Crippen molar-refractivity contribution in [2.45, 2.75) is 16.7 Å². The van der Waals surface area contributed by atoms with Gasteiger partial charge in [0.05, 0.1) is 15.3 Å². The molecule has 4 aromatic rings. The quantitative estimate of drug-likeness (QED) is 0.515. The van der Waals surface area contributed by atoms with Crippen LogP contribution in [0.25, 0.3) is 22.0 Å². The highest BCUT2D eigenvalue weighted by molar-refractivity contribution is 7.91. The minimum atomic E-state index is -3.69. The maximum absolute atomic E-state index is 13.3. The SMILES string of the molecule is Cc1cccc2ncc(S(=O)(=O)c3ccccc3)c(-c3ccccc3)c12. The van der Waals surface area contributed by atoms with E-state index in [0.717, 1.165) is 22.0 Å². The van der Waals surface area contributed by atoms with Crippen LogP contribution in [0.3, 0.4) is 0 Å². The largest absolute Gasteiger partial charge is 0.255 e. The third-order valence-corrected chi connectivity index (χ3v) is 6.25. The van der Waals surface area contributed by atoms with Crippen LogP contribution in [-0.4, -0.2) is 13.4 Å². The molecule has 3 nitrogen and oxygen atoms in total. The third-order valence-electron chi connectivity index (χ3n) is 4.47. The molecule has 0 saturated carbocycles. The summed E-state index contributed by atoms with van der Waals surface area (Å²) in [5.74, 6) is 0. The van der Waals surface area contributed by atoms with Crippen molar-refractivity contribution >= 4 is 20.7 Å². The van der Waals surface area contributed by atoms with E-state index >= 15 is 0 Å². The lowest BCUT2D eigenvalue weighted by Crippen LogP contribution is -2.06. The van der Waals surface area contributed by atoms with Crippen molar-refractivity contribution in [3.8, 4) is 11.1 Å². The van der Waals surface area contributed by atoms with Crippen LogP contribution in [0.2, 0.25) is 0 Å². The Hall–Kier alpha value is -2.98. The van der Waals surface area contributed by atoms with Crippen molar-refractivity contribution in [2.75, 3.05) is 0 Å². The molecule has 1 heterocycles. The molecule has 0 radical (unpaired) electrons. The summed E-state index contributed by atoms with van der Waals surface area (Å²) in [6.07, 6.45) is 1.48. The molecule has 26 heavy (non-hydrogen) atoms. The van der Waals surface area contributed by atoms with Crippen molar-refractivity contribution in [1.29, 1.82) is 0 Å². The van der Waals surface area contributed by atoms with Crippen molar-refractivity contribution in [3.63, 3.8) is 0 Å². The average Bonchev–Trinajstić information content (AvgIpc) is 2.69. The molecule has 0 N–H and O–H groups in total. The van der Waals surface area contributed by atoms with Gasteiger partial charge in [-0.25, -0.2) is 8.42 Å². The lowest BCUT2D eigenvalue weighted by Gasteiger charge is -2.15. The van der Waals surface area contributed by atoms with Gasteiger partial charge in [-0.1, -0.05) is 60.7 Å². The maximum atomic E-state index is 13.3. The first kappa shape index (κ1) is 16.5. The first-order valence-electron chi connectivity index (χ1n) is 8.33. The topological polar surface area (TPSA) is 47.0 Å². The Bertz CT molecular complexity index is 1180. The van der Waals surface area contributed by atoms with Gasteiger partial charge in [0, 0.05) is 17.1 Å². The highest BCUT2D eigenvalue weighted by Crippen LogP contribution is 2.37. The fourth-order valence-electron chi connectivity index (χ4n) is 3.22. The number of aromatic nitrogens is 1. The van der Waals surface area contributed by atoms with E-state index in [4.69, 9.17) is 0 Å². The highest BCUT2D eigenvalue weighted by atomic mass is 32.2. The average molecular weight is 359 g/mol. The highest BCUT2D eigenvalue weighted by Gasteiger charge is 2.24. The van der Waals surface area contributed by atoms with E-state index < -0.39 is 9.84 Å². The zero-order chi connectivity index (χ0) is 18.1. The minimum absolute atomic E-state index is 0.233. The molecule has 1 aromatic heterocycles. The second-order valence-electron chi connectivity index (χ2n) is 6.15. The van der Waals surface area contributed by atoms with Crippen molar-refractivity contribution < 1.29 is 8.42 Å². The number of pyridine rings is 1. The van der Waals surface area contributed by atoms with Gasteiger partial charge in [0.15, 0.2) is 0 Å².